The van der Waals surface area contributed by atoms with Crippen molar-refractivity contribution in [1.29, 1.82) is 0 Å². The highest BCUT2D eigenvalue weighted by molar-refractivity contribution is 8.19. The Bertz CT molecular complexity index is 1310. The molecule has 1 amide bonds. The zero-order chi connectivity index (χ0) is 22.2. The molecule has 0 unspecified atom stereocenters. The highest BCUT2D eigenvalue weighted by atomic mass is 32.2. The van der Waals surface area contributed by atoms with Gasteiger partial charge in [-0.05, 0) is 48.2 Å². The third-order valence-electron chi connectivity index (χ3n) is 5.25. The van der Waals surface area contributed by atoms with Crippen LogP contribution in [0.1, 0.15) is 0 Å². The molecule has 2 aliphatic rings. The van der Waals surface area contributed by atoms with Crippen LogP contribution in [-0.2, 0) is 4.79 Å². The van der Waals surface area contributed by atoms with E-state index in [-0.39, 0.29) is 5.91 Å². The number of amidine groups is 1. The molecule has 32 heavy (non-hydrogen) atoms. The second kappa shape index (κ2) is 8.37. The van der Waals surface area contributed by atoms with Crippen molar-refractivity contribution < 1.29 is 9.53 Å². The van der Waals surface area contributed by atoms with E-state index in [9.17, 15) is 4.79 Å². The molecule has 1 aromatic heterocycles. The van der Waals surface area contributed by atoms with Gasteiger partial charge in [0.25, 0.3) is 5.91 Å². The van der Waals surface area contributed by atoms with E-state index in [4.69, 9.17) is 9.73 Å². The van der Waals surface area contributed by atoms with Gasteiger partial charge in [-0.1, -0.05) is 23.9 Å². The number of carbonyl (C=O) groups is 1. The molecule has 0 spiro atoms. The van der Waals surface area contributed by atoms with Crippen molar-refractivity contribution in [3.05, 3.63) is 77.3 Å². The number of nitrogens with zero attached hydrogens (tertiary/aromatic N) is 4. The van der Waals surface area contributed by atoms with Gasteiger partial charge >= 0.3 is 0 Å². The van der Waals surface area contributed by atoms with E-state index < -0.39 is 0 Å². The number of anilines is 1. The molecule has 1 saturated heterocycles. The van der Waals surface area contributed by atoms with Crippen molar-refractivity contribution in [1.82, 2.24) is 9.88 Å². The Labute approximate surface area is 194 Å². The average Bonchev–Trinajstić information content (AvgIpc) is 3.30. The minimum absolute atomic E-state index is 0.0684. The largest absolute Gasteiger partial charge is 0.497 e. The fraction of sp³-hybridized carbons (Fsp3) is 0.125. The van der Waals surface area contributed by atoms with Gasteiger partial charge in [-0.3, -0.25) is 14.7 Å². The Morgan fingerprint density at radius 2 is 2.06 bits per heavy atom. The van der Waals surface area contributed by atoms with Crippen LogP contribution >= 0.6 is 23.5 Å². The van der Waals surface area contributed by atoms with Crippen LogP contribution in [0.4, 0.5) is 11.4 Å². The SMILES string of the molecule is C=CCN1C(=O)/C(=C2/Sc3ccc(OC)cc3N2C)SC1=Nc1cccc2ncccc12. The Hall–Kier alpha value is -3.23. The van der Waals surface area contributed by atoms with Crippen LogP contribution in [0.5, 0.6) is 5.75 Å². The van der Waals surface area contributed by atoms with Crippen LogP contribution in [0.3, 0.4) is 0 Å². The van der Waals surface area contributed by atoms with Crippen molar-refractivity contribution in [2.75, 3.05) is 25.6 Å². The zero-order valence-electron chi connectivity index (χ0n) is 17.6. The summed E-state index contributed by atoms with van der Waals surface area (Å²) in [6, 6.07) is 15.6. The van der Waals surface area contributed by atoms with E-state index >= 15 is 0 Å². The van der Waals surface area contributed by atoms with Gasteiger partial charge in [0.2, 0.25) is 0 Å². The lowest BCUT2D eigenvalue weighted by atomic mass is 10.2. The second-order valence-corrected chi connectivity index (χ2v) is 9.19. The lowest BCUT2D eigenvalue weighted by Gasteiger charge is -2.16. The topological polar surface area (TPSA) is 58.0 Å². The highest BCUT2D eigenvalue weighted by Gasteiger charge is 2.38. The first kappa shape index (κ1) is 20.7. The van der Waals surface area contributed by atoms with Crippen molar-refractivity contribution in [2.24, 2.45) is 4.99 Å². The summed E-state index contributed by atoms with van der Waals surface area (Å²) in [4.78, 5) is 28.2. The Balaban J connectivity index is 1.57. The fourth-order valence-corrected chi connectivity index (χ4v) is 5.97. The number of ether oxygens (including phenoxy) is 1. The number of aromatic nitrogens is 1. The van der Waals surface area contributed by atoms with Crippen LogP contribution in [0.25, 0.3) is 10.9 Å². The van der Waals surface area contributed by atoms with Crippen LogP contribution < -0.4 is 9.64 Å². The molecule has 0 bridgehead atoms. The number of fused-ring (bicyclic) bond motifs is 2. The van der Waals surface area contributed by atoms with Gasteiger partial charge < -0.3 is 9.64 Å². The van der Waals surface area contributed by atoms with Gasteiger partial charge in [-0.25, -0.2) is 4.99 Å². The number of rotatable bonds is 4. The van der Waals surface area contributed by atoms with Gasteiger partial charge in [-0.15, -0.1) is 6.58 Å². The molecule has 0 aliphatic carbocycles. The predicted molar refractivity (Wildman–Crippen MR) is 133 cm³/mol. The summed E-state index contributed by atoms with van der Waals surface area (Å²) in [6.45, 7) is 4.21. The molecule has 3 aromatic rings. The first-order chi connectivity index (χ1) is 15.6. The quantitative estimate of drug-likeness (QED) is 0.384. The van der Waals surface area contributed by atoms with Crippen molar-refractivity contribution >= 4 is 56.9 Å². The summed E-state index contributed by atoms with van der Waals surface area (Å²) in [5.74, 6) is 0.717. The Kier molecular flexibility index (Phi) is 5.40. The predicted octanol–water partition coefficient (Wildman–Crippen LogP) is 5.40. The number of hydrogen-bond acceptors (Lipinski definition) is 7. The van der Waals surface area contributed by atoms with Gasteiger partial charge in [0.05, 0.1) is 29.0 Å². The standard InChI is InChI=1S/C24H20N4O2S2/c1-4-13-28-22(29)21(23-27(2)19-14-15(30-3)10-11-20(19)31-23)32-24(28)26-18-9-5-8-17-16(18)7-6-12-25-17/h4-12,14H,1,13H2,2-3H3/b23-21-,26-24?. The monoisotopic (exact) mass is 460 g/mol. The summed E-state index contributed by atoms with van der Waals surface area (Å²) in [7, 11) is 3.62. The first-order valence-electron chi connectivity index (χ1n) is 9.97. The molecule has 0 saturated carbocycles. The number of thioether (sulfide) groups is 2. The molecule has 6 nitrogen and oxygen atoms in total. The van der Waals surface area contributed by atoms with E-state index in [1.807, 2.05) is 60.5 Å². The van der Waals surface area contributed by atoms with Gasteiger partial charge in [0.15, 0.2) is 5.17 Å². The fourth-order valence-electron chi connectivity index (χ4n) is 3.65. The van der Waals surface area contributed by atoms with E-state index in [0.717, 1.165) is 38.0 Å². The third kappa shape index (κ3) is 3.45. The maximum Gasteiger partial charge on any atom is 0.269 e. The lowest BCUT2D eigenvalue weighted by Crippen LogP contribution is -2.29. The average molecular weight is 461 g/mol. The number of methoxy groups -OCH3 is 1. The van der Waals surface area contributed by atoms with E-state index in [2.05, 4.69) is 11.6 Å². The van der Waals surface area contributed by atoms with Crippen LogP contribution in [0.15, 0.2) is 87.2 Å². The highest BCUT2D eigenvalue weighted by Crippen LogP contribution is 2.51. The van der Waals surface area contributed by atoms with E-state index in [0.29, 0.717) is 16.6 Å². The number of benzene rings is 2. The number of pyridine rings is 1. The Morgan fingerprint density at radius 3 is 2.88 bits per heavy atom. The smallest absolute Gasteiger partial charge is 0.269 e. The summed E-state index contributed by atoms with van der Waals surface area (Å²) in [5, 5.41) is 2.47. The van der Waals surface area contributed by atoms with E-state index in [1.54, 1.807) is 36.0 Å². The number of aliphatic imine (C=N–C) groups is 1. The van der Waals surface area contributed by atoms with Crippen LogP contribution in [-0.4, -0.2) is 41.7 Å². The van der Waals surface area contributed by atoms with Crippen LogP contribution in [0, 0.1) is 0 Å². The molecule has 0 radical (unpaired) electrons. The van der Waals surface area contributed by atoms with Gasteiger partial charge in [-0.2, -0.15) is 0 Å². The molecule has 2 aliphatic heterocycles. The van der Waals surface area contributed by atoms with Crippen molar-refractivity contribution in [3.63, 3.8) is 0 Å². The summed E-state index contributed by atoms with van der Waals surface area (Å²) in [6.07, 6.45) is 3.48. The number of amides is 1. The third-order valence-corrected chi connectivity index (χ3v) is 7.68. The molecule has 3 heterocycles. The molecule has 0 N–H and O–H groups in total. The molecule has 8 heteroatoms. The second-order valence-electron chi connectivity index (χ2n) is 7.18. The minimum atomic E-state index is -0.0684. The van der Waals surface area contributed by atoms with Crippen molar-refractivity contribution in [2.45, 2.75) is 4.90 Å². The van der Waals surface area contributed by atoms with Crippen molar-refractivity contribution in [3.8, 4) is 5.75 Å². The molecule has 1 fully saturated rings. The maximum absolute atomic E-state index is 13.4. The molecule has 160 valence electrons. The summed E-state index contributed by atoms with van der Waals surface area (Å²) < 4.78 is 5.37. The summed E-state index contributed by atoms with van der Waals surface area (Å²) in [5.41, 5.74) is 2.67. The first-order valence-corrected chi connectivity index (χ1v) is 11.6. The minimum Gasteiger partial charge on any atom is -0.497 e. The maximum atomic E-state index is 13.4. The van der Waals surface area contributed by atoms with Gasteiger partial charge in [0, 0.05) is 36.1 Å². The van der Waals surface area contributed by atoms with E-state index in [1.165, 1.54) is 11.8 Å². The number of carbonyl (C=O) groups excluding carboxylic acids is 1. The van der Waals surface area contributed by atoms with Gasteiger partial charge in [0.1, 0.15) is 10.7 Å². The lowest BCUT2D eigenvalue weighted by molar-refractivity contribution is -0.121. The summed E-state index contributed by atoms with van der Waals surface area (Å²) >= 11 is 2.98. The Morgan fingerprint density at radius 1 is 1.19 bits per heavy atom. The molecule has 0 atom stereocenters. The zero-order valence-corrected chi connectivity index (χ0v) is 19.2. The normalized spacial score (nSPS) is 19.2. The van der Waals surface area contributed by atoms with Crippen LogP contribution in [0.2, 0.25) is 0 Å². The number of hydrogen-bond donors (Lipinski definition) is 0. The molecule has 5 rings (SSSR count). The molecule has 2 aromatic carbocycles. The molecular formula is C24H20N4O2S2. The molecular weight excluding hydrogens is 440 g/mol.